The second kappa shape index (κ2) is 3.12. The minimum Gasteiger partial charge on any atom is -0.290 e. The monoisotopic (exact) mass is 175 g/mol. The Balaban J connectivity index is 2.78. The number of Topliss-reactive ketones (excluding diaryl/α,β-unsaturated/α-hetero) is 1. The van der Waals surface area contributed by atoms with Gasteiger partial charge in [-0.1, -0.05) is 0 Å². The summed E-state index contributed by atoms with van der Waals surface area (Å²) in [4.78, 5) is 14.8. The molecule has 0 saturated carbocycles. The van der Waals surface area contributed by atoms with Gasteiger partial charge in [-0.05, 0) is 6.92 Å². The van der Waals surface area contributed by atoms with Crippen molar-refractivity contribution < 1.29 is 4.79 Å². The van der Waals surface area contributed by atoms with Crippen molar-refractivity contribution in [1.29, 1.82) is 0 Å². The van der Waals surface area contributed by atoms with E-state index in [2.05, 4.69) is 4.98 Å². The summed E-state index contributed by atoms with van der Waals surface area (Å²) in [5, 5.41) is 1.78. The van der Waals surface area contributed by atoms with E-state index in [1.165, 1.54) is 11.3 Å². The van der Waals surface area contributed by atoms with Crippen LogP contribution < -0.4 is 0 Å². The number of ketones is 1. The second-order valence-corrected chi connectivity index (χ2v) is 3.37. The van der Waals surface area contributed by atoms with Gasteiger partial charge in [0.1, 0.15) is 0 Å². The lowest BCUT2D eigenvalue weighted by atomic mass is 10.3. The fourth-order valence-electron chi connectivity index (χ4n) is 0.515. The molecule has 0 saturated heterocycles. The van der Waals surface area contributed by atoms with Crippen molar-refractivity contribution in [2.75, 3.05) is 0 Å². The SMILES string of the molecule is CC(Cl)C(=O)c1nccs1. The predicted octanol–water partition coefficient (Wildman–Crippen LogP) is 1.95. The Labute approximate surface area is 67.9 Å². The van der Waals surface area contributed by atoms with Gasteiger partial charge in [0.15, 0.2) is 5.01 Å². The van der Waals surface area contributed by atoms with Gasteiger partial charge in [0, 0.05) is 11.6 Å². The highest BCUT2D eigenvalue weighted by Gasteiger charge is 2.13. The minimum atomic E-state index is -0.467. The first-order chi connectivity index (χ1) is 4.72. The summed E-state index contributed by atoms with van der Waals surface area (Å²) < 4.78 is 0. The van der Waals surface area contributed by atoms with Crippen LogP contribution in [0, 0.1) is 0 Å². The van der Waals surface area contributed by atoms with Crippen LogP contribution in [-0.2, 0) is 0 Å². The van der Waals surface area contributed by atoms with Gasteiger partial charge in [-0.2, -0.15) is 0 Å². The second-order valence-electron chi connectivity index (χ2n) is 1.82. The molecule has 1 rings (SSSR count). The van der Waals surface area contributed by atoms with Gasteiger partial charge < -0.3 is 0 Å². The Bertz CT molecular complexity index is 220. The van der Waals surface area contributed by atoms with Crippen molar-refractivity contribution in [1.82, 2.24) is 4.98 Å². The quantitative estimate of drug-likeness (QED) is 0.508. The number of carbonyl (C=O) groups excluding carboxylic acids is 1. The summed E-state index contributed by atoms with van der Waals surface area (Å²) >= 11 is 6.85. The Hall–Kier alpha value is -0.410. The Kier molecular flexibility index (Phi) is 2.40. The fraction of sp³-hybridized carbons (Fsp3) is 0.333. The maximum absolute atomic E-state index is 11.0. The molecule has 0 bridgehead atoms. The van der Waals surface area contributed by atoms with Gasteiger partial charge in [0.2, 0.25) is 5.78 Å². The first-order valence-electron chi connectivity index (χ1n) is 2.79. The standard InChI is InChI=1S/C6H6ClNOS/c1-4(7)5(9)6-8-2-3-10-6/h2-4H,1H3. The van der Waals surface area contributed by atoms with Crippen molar-refractivity contribution in [3.05, 3.63) is 16.6 Å². The number of halogens is 1. The van der Waals surface area contributed by atoms with Crippen molar-refractivity contribution in [3.8, 4) is 0 Å². The molecule has 4 heteroatoms. The third-order valence-corrected chi connectivity index (χ3v) is 1.99. The normalized spacial score (nSPS) is 13.0. The van der Waals surface area contributed by atoms with Crippen LogP contribution in [0.2, 0.25) is 0 Å². The first kappa shape index (κ1) is 7.69. The van der Waals surface area contributed by atoms with E-state index < -0.39 is 5.38 Å². The average molecular weight is 176 g/mol. The summed E-state index contributed by atoms with van der Waals surface area (Å²) in [5.41, 5.74) is 0. The maximum atomic E-state index is 11.0. The number of hydrogen-bond acceptors (Lipinski definition) is 3. The van der Waals surface area contributed by atoms with E-state index in [9.17, 15) is 4.79 Å². The molecule has 0 aliphatic rings. The Morgan fingerprint density at radius 3 is 3.00 bits per heavy atom. The molecule has 0 aromatic carbocycles. The number of hydrogen-bond donors (Lipinski definition) is 0. The number of thiazole rings is 1. The molecule has 2 nitrogen and oxygen atoms in total. The predicted molar refractivity (Wildman–Crippen MR) is 41.8 cm³/mol. The molecule has 0 spiro atoms. The topological polar surface area (TPSA) is 30.0 Å². The van der Waals surface area contributed by atoms with Gasteiger partial charge in [-0.3, -0.25) is 4.79 Å². The molecule has 10 heavy (non-hydrogen) atoms. The van der Waals surface area contributed by atoms with Crippen LogP contribution in [0.15, 0.2) is 11.6 Å². The van der Waals surface area contributed by atoms with Gasteiger partial charge in [-0.15, -0.1) is 22.9 Å². The summed E-state index contributed by atoms with van der Waals surface area (Å²) in [5.74, 6) is -0.100. The molecule has 54 valence electrons. The first-order valence-corrected chi connectivity index (χ1v) is 4.11. The van der Waals surface area contributed by atoms with Gasteiger partial charge in [-0.25, -0.2) is 4.98 Å². The molecule has 0 amide bonds. The molecule has 0 fully saturated rings. The molecule has 0 aliphatic carbocycles. The molecule has 1 atom stereocenters. The molecule has 1 aromatic heterocycles. The largest absolute Gasteiger partial charge is 0.290 e. The van der Waals surface area contributed by atoms with Crippen LogP contribution in [0.1, 0.15) is 16.7 Å². The molecule has 1 aromatic rings. The molecular formula is C6H6ClNOS. The number of nitrogens with zero attached hydrogens (tertiary/aromatic N) is 1. The lowest BCUT2D eigenvalue weighted by molar-refractivity contribution is 0.0991. The molecule has 0 aliphatic heterocycles. The number of rotatable bonds is 2. The molecule has 0 N–H and O–H groups in total. The van der Waals surface area contributed by atoms with E-state index in [-0.39, 0.29) is 5.78 Å². The number of aromatic nitrogens is 1. The Morgan fingerprint density at radius 1 is 1.90 bits per heavy atom. The van der Waals surface area contributed by atoms with E-state index in [1.807, 2.05) is 0 Å². The molecular weight excluding hydrogens is 170 g/mol. The van der Waals surface area contributed by atoms with Crippen LogP contribution in [0.5, 0.6) is 0 Å². The highest BCUT2D eigenvalue weighted by Crippen LogP contribution is 2.09. The summed E-state index contributed by atoms with van der Waals surface area (Å²) in [6, 6.07) is 0. The van der Waals surface area contributed by atoms with Crippen LogP contribution >= 0.6 is 22.9 Å². The van der Waals surface area contributed by atoms with Gasteiger partial charge in [0.05, 0.1) is 5.38 Å². The van der Waals surface area contributed by atoms with E-state index in [4.69, 9.17) is 11.6 Å². The molecule has 1 unspecified atom stereocenters. The van der Waals surface area contributed by atoms with Crippen LogP contribution in [0.4, 0.5) is 0 Å². The number of alkyl halides is 1. The van der Waals surface area contributed by atoms with Crippen molar-refractivity contribution in [3.63, 3.8) is 0 Å². The highest BCUT2D eigenvalue weighted by atomic mass is 35.5. The fourth-order valence-corrected chi connectivity index (χ4v) is 1.35. The van der Waals surface area contributed by atoms with Gasteiger partial charge in [0.25, 0.3) is 0 Å². The van der Waals surface area contributed by atoms with E-state index in [0.717, 1.165) is 0 Å². The van der Waals surface area contributed by atoms with Crippen LogP contribution in [0.3, 0.4) is 0 Å². The van der Waals surface area contributed by atoms with Crippen molar-refractivity contribution in [2.24, 2.45) is 0 Å². The van der Waals surface area contributed by atoms with E-state index in [0.29, 0.717) is 5.01 Å². The lowest BCUT2D eigenvalue weighted by Gasteiger charge is -1.94. The highest BCUT2D eigenvalue weighted by molar-refractivity contribution is 7.11. The molecule has 1 heterocycles. The third-order valence-electron chi connectivity index (χ3n) is 1.00. The smallest absolute Gasteiger partial charge is 0.208 e. The van der Waals surface area contributed by atoms with E-state index in [1.54, 1.807) is 18.5 Å². The van der Waals surface area contributed by atoms with Crippen LogP contribution in [0.25, 0.3) is 0 Å². The van der Waals surface area contributed by atoms with Crippen molar-refractivity contribution in [2.45, 2.75) is 12.3 Å². The third kappa shape index (κ3) is 1.55. The number of carbonyl (C=O) groups is 1. The maximum Gasteiger partial charge on any atom is 0.208 e. The zero-order chi connectivity index (χ0) is 7.56. The zero-order valence-electron chi connectivity index (χ0n) is 5.37. The minimum absolute atomic E-state index is 0.100. The summed E-state index contributed by atoms with van der Waals surface area (Å²) in [6.07, 6.45) is 1.59. The molecule has 0 radical (unpaired) electrons. The summed E-state index contributed by atoms with van der Waals surface area (Å²) in [7, 11) is 0. The van der Waals surface area contributed by atoms with E-state index >= 15 is 0 Å². The average Bonchev–Trinajstić information content (AvgIpc) is 2.36. The summed E-state index contributed by atoms with van der Waals surface area (Å²) in [6.45, 7) is 1.64. The van der Waals surface area contributed by atoms with Gasteiger partial charge >= 0.3 is 0 Å². The van der Waals surface area contributed by atoms with Crippen LogP contribution in [-0.4, -0.2) is 16.1 Å². The zero-order valence-corrected chi connectivity index (χ0v) is 6.95. The van der Waals surface area contributed by atoms with Crippen molar-refractivity contribution >= 4 is 28.7 Å². The Morgan fingerprint density at radius 2 is 2.60 bits per heavy atom. The lowest BCUT2D eigenvalue weighted by Crippen LogP contribution is -2.09.